The zero-order valence-electron chi connectivity index (χ0n) is 13.9. The van der Waals surface area contributed by atoms with Crippen LogP contribution >= 0.6 is 0 Å². The molecule has 0 aromatic carbocycles. The van der Waals surface area contributed by atoms with Gasteiger partial charge in [0.05, 0.1) is 6.10 Å². The van der Waals surface area contributed by atoms with Gasteiger partial charge in [0.2, 0.25) is 0 Å². The van der Waals surface area contributed by atoms with Crippen molar-refractivity contribution in [2.75, 3.05) is 6.61 Å². The first-order valence-electron chi connectivity index (χ1n) is 7.94. The van der Waals surface area contributed by atoms with Crippen molar-refractivity contribution < 1.29 is 19.1 Å². The molecule has 0 aliphatic rings. The number of allylic oxidation sites excluding steroid dienone is 1. The van der Waals surface area contributed by atoms with Crippen LogP contribution in [0, 0.1) is 0 Å². The molecule has 0 saturated heterocycles. The molecule has 0 spiro atoms. The molecule has 1 atom stereocenters. The van der Waals surface area contributed by atoms with Crippen molar-refractivity contribution in [1.82, 2.24) is 0 Å². The Morgan fingerprint density at radius 3 is 2.33 bits per heavy atom. The van der Waals surface area contributed by atoms with E-state index in [-0.39, 0.29) is 30.9 Å². The van der Waals surface area contributed by atoms with Crippen LogP contribution in [0.25, 0.3) is 0 Å². The number of unbranched alkanes of at least 4 members (excludes halogenated alkanes) is 2. The topological polar surface area (TPSA) is 52.6 Å². The molecule has 1 unspecified atom stereocenters. The number of carbonyl (C=O) groups excluding carboxylic acids is 2. The van der Waals surface area contributed by atoms with Gasteiger partial charge >= 0.3 is 11.9 Å². The van der Waals surface area contributed by atoms with Gasteiger partial charge in [-0.2, -0.15) is 0 Å². The van der Waals surface area contributed by atoms with E-state index in [9.17, 15) is 9.59 Å². The van der Waals surface area contributed by atoms with Crippen LogP contribution in [-0.4, -0.2) is 24.6 Å². The van der Waals surface area contributed by atoms with Gasteiger partial charge in [0.25, 0.3) is 0 Å². The van der Waals surface area contributed by atoms with Crippen molar-refractivity contribution in [2.45, 2.75) is 78.7 Å². The Balaban J connectivity index is 3.64. The summed E-state index contributed by atoms with van der Waals surface area (Å²) in [5, 5.41) is 0. The van der Waals surface area contributed by atoms with E-state index in [1.54, 1.807) is 0 Å². The number of hydrogen-bond acceptors (Lipinski definition) is 4. The van der Waals surface area contributed by atoms with E-state index in [4.69, 9.17) is 9.47 Å². The van der Waals surface area contributed by atoms with Gasteiger partial charge in [0, 0.05) is 12.8 Å². The molecule has 0 bridgehead atoms. The molecule has 4 nitrogen and oxygen atoms in total. The minimum Gasteiger partial charge on any atom is -0.463 e. The number of esters is 2. The van der Waals surface area contributed by atoms with Crippen LogP contribution in [0.5, 0.6) is 0 Å². The van der Waals surface area contributed by atoms with Gasteiger partial charge in [-0.3, -0.25) is 9.59 Å². The zero-order valence-corrected chi connectivity index (χ0v) is 13.9. The zero-order chi connectivity index (χ0) is 16.1. The Morgan fingerprint density at radius 2 is 1.71 bits per heavy atom. The molecule has 0 heterocycles. The van der Waals surface area contributed by atoms with Crippen LogP contribution in [0.3, 0.4) is 0 Å². The van der Waals surface area contributed by atoms with E-state index in [0.717, 1.165) is 24.8 Å². The molecule has 0 fully saturated rings. The standard InChI is InChI=1S/C17H30O4/c1-5-6-7-9-15(4)21-17(19)11-8-10-16(18)20-13-12-14(2)3/h12,15H,5-11,13H2,1-4H3. The SMILES string of the molecule is CCCCCC(C)OC(=O)CCCC(=O)OCC=C(C)C. The first-order chi connectivity index (χ1) is 9.95. The van der Waals surface area contributed by atoms with Crippen molar-refractivity contribution in [3.8, 4) is 0 Å². The van der Waals surface area contributed by atoms with E-state index in [2.05, 4.69) is 6.92 Å². The summed E-state index contributed by atoms with van der Waals surface area (Å²) in [6.07, 6.45) is 7.15. The maximum absolute atomic E-state index is 11.6. The minimum atomic E-state index is -0.267. The van der Waals surface area contributed by atoms with Gasteiger partial charge in [0.1, 0.15) is 6.61 Å². The molecular weight excluding hydrogens is 268 g/mol. The molecule has 0 aromatic rings. The van der Waals surface area contributed by atoms with Crippen molar-refractivity contribution in [2.24, 2.45) is 0 Å². The summed E-state index contributed by atoms with van der Waals surface area (Å²) >= 11 is 0. The molecule has 0 amide bonds. The highest BCUT2D eigenvalue weighted by atomic mass is 16.5. The molecule has 122 valence electrons. The number of rotatable bonds is 11. The molecule has 0 radical (unpaired) electrons. The molecular formula is C17H30O4. The average Bonchev–Trinajstić information content (AvgIpc) is 2.38. The molecule has 4 heteroatoms. The van der Waals surface area contributed by atoms with Crippen molar-refractivity contribution in [3.05, 3.63) is 11.6 Å². The summed E-state index contributed by atoms with van der Waals surface area (Å²) in [5.41, 5.74) is 1.11. The summed E-state index contributed by atoms with van der Waals surface area (Å²) in [7, 11) is 0. The monoisotopic (exact) mass is 298 g/mol. The predicted molar refractivity (Wildman–Crippen MR) is 83.9 cm³/mol. The molecule has 0 aliphatic heterocycles. The third kappa shape index (κ3) is 13.4. The molecule has 21 heavy (non-hydrogen) atoms. The van der Waals surface area contributed by atoms with Gasteiger partial charge in [0.15, 0.2) is 0 Å². The Bertz CT molecular complexity index is 330. The number of hydrogen-bond donors (Lipinski definition) is 0. The van der Waals surface area contributed by atoms with Crippen LogP contribution in [0.1, 0.15) is 72.6 Å². The van der Waals surface area contributed by atoms with Crippen molar-refractivity contribution >= 4 is 11.9 Å². The molecule has 0 rings (SSSR count). The van der Waals surface area contributed by atoms with Gasteiger partial charge in [-0.05, 0) is 46.1 Å². The fourth-order valence-corrected chi connectivity index (χ4v) is 1.77. The maximum atomic E-state index is 11.6. The lowest BCUT2D eigenvalue weighted by molar-refractivity contribution is -0.149. The summed E-state index contributed by atoms with van der Waals surface area (Å²) < 4.78 is 10.3. The summed E-state index contributed by atoms with van der Waals surface area (Å²) in [4.78, 5) is 23.0. The average molecular weight is 298 g/mol. The van der Waals surface area contributed by atoms with Crippen molar-refractivity contribution in [1.29, 1.82) is 0 Å². The lowest BCUT2D eigenvalue weighted by atomic mass is 10.1. The molecule has 0 aromatic heterocycles. The second-order valence-electron chi connectivity index (χ2n) is 5.61. The molecule has 0 aliphatic carbocycles. The smallest absolute Gasteiger partial charge is 0.306 e. The number of ether oxygens (including phenoxy) is 2. The van der Waals surface area contributed by atoms with Crippen LogP contribution in [0.2, 0.25) is 0 Å². The summed E-state index contributed by atoms with van der Waals surface area (Å²) in [5.74, 6) is -0.493. The minimum absolute atomic E-state index is 0.0336. The Kier molecular flexibility index (Phi) is 11.6. The Labute approximate surface area is 128 Å². The van der Waals surface area contributed by atoms with Gasteiger partial charge in [-0.15, -0.1) is 0 Å². The Morgan fingerprint density at radius 1 is 1.05 bits per heavy atom. The third-order valence-electron chi connectivity index (χ3n) is 3.04. The second-order valence-corrected chi connectivity index (χ2v) is 5.61. The largest absolute Gasteiger partial charge is 0.463 e. The Hall–Kier alpha value is -1.32. The highest BCUT2D eigenvalue weighted by molar-refractivity contribution is 5.72. The van der Waals surface area contributed by atoms with Crippen LogP contribution in [0.15, 0.2) is 11.6 Å². The predicted octanol–water partition coefficient (Wildman–Crippen LogP) is 4.18. The molecule has 0 N–H and O–H groups in total. The van der Waals surface area contributed by atoms with E-state index in [0.29, 0.717) is 13.0 Å². The first kappa shape index (κ1) is 19.7. The van der Waals surface area contributed by atoms with Crippen molar-refractivity contribution in [3.63, 3.8) is 0 Å². The van der Waals surface area contributed by atoms with E-state index in [1.807, 2.05) is 26.8 Å². The maximum Gasteiger partial charge on any atom is 0.306 e. The fourth-order valence-electron chi connectivity index (χ4n) is 1.77. The first-order valence-corrected chi connectivity index (χ1v) is 7.94. The lowest BCUT2D eigenvalue weighted by Gasteiger charge is -2.12. The highest BCUT2D eigenvalue weighted by Gasteiger charge is 2.10. The lowest BCUT2D eigenvalue weighted by Crippen LogP contribution is -2.15. The third-order valence-corrected chi connectivity index (χ3v) is 3.04. The summed E-state index contributed by atoms with van der Waals surface area (Å²) in [6, 6.07) is 0. The van der Waals surface area contributed by atoms with Crippen LogP contribution < -0.4 is 0 Å². The normalized spacial score (nSPS) is 11.6. The van der Waals surface area contributed by atoms with E-state index in [1.165, 1.54) is 6.42 Å². The van der Waals surface area contributed by atoms with Crippen LogP contribution in [0.4, 0.5) is 0 Å². The summed E-state index contributed by atoms with van der Waals surface area (Å²) in [6.45, 7) is 8.27. The van der Waals surface area contributed by atoms with Gasteiger partial charge in [-0.25, -0.2) is 0 Å². The number of carbonyl (C=O) groups is 2. The fraction of sp³-hybridized carbons (Fsp3) is 0.765. The molecule has 0 saturated carbocycles. The quantitative estimate of drug-likeness (QED) is 0.326. The van der Waals surface area contributed by atoms with Gasteiger partial charge in [-0.1, -0.05) is 25.3 Å². The van der Waals surface area contributed by atoms with E-state index < -0.39 is 0 Å². The second kappa shape index (κ2) is 12.4. The van der Waals surface area contributed by atoms with Crippen LogP contribution in [-0.2, 0) is 19.1 Å². The van der Waals surface area contributed by atoms with E-state index >= 15 is 0 Å². The highest BCUT2D eigenvalue weighted by Crippen LogP contribution is 2.08. The van der Waals surface area contributed by atoms with Gasteiger partial charge < -0.3 is 9.47 Å².